The van der Waals surface area contributed by atoms with Crippen LogP contribution in [0.4, 0.5) is 0 Å². The number of hydrogen-bond acceptors (Lipinski definition) is 5. The number of benzene rings is 1. The zero-order chi connectivity index (χ0) is 15.3. The molecule has 1 unspecified atom stereocenters. The minimum Gasteiger partial charge on any atom is -0.490 e. The minimum absolute atomic E-state index is 0.0534. The Morgan fingerprint density at radius 2 is 2.00 bits per heavy atom. The molecule has 0 aromatic heterocycles. The maximum Gasteiger partial charge on any atom is 0.240 e. The molecule has 1 aromatic rings. The first-order valence-corrected chi connectivity index (χ1v) is 8.58. The fourth-order valence-corrected chi connectivity index (χ4v) is 3.47. The van der Waals surface area contributed by atoms with Crippen LogP contribution in [-0.2, 0) is 10.0 Å². The maximum atomic E-state index is 12.4. The van der Waals surface area contributed by atoms with Crippen LogP contribution in [0, 0.1) is 0 Å². The van der Waals surface area contributed by atoms with Crippen molar-refractivity contribution in [1.82, 2.24) is 4.72 Å². The van der Waals surface area contributed by atoms with Gasteiger partial charge in [0, 0.05) is 25.1 Å². The van der Waals surface area contributed by atoms with Crippen molar-refractivity contribution in [3.05, 3.63) is 18.2 Å². The number of ether oxygens (including phenoxy) is 2. The first-order valence-electron chi connectivity index (χ1n) is 7.09. The van der Waals surface area contributed by atoms with Gasteiger partial charge in [0.1, 0.15) is 0 Å². The lowest BCUT2D eigenvalue weighted by Gasteiger charge is -2.16. The van der Waals surface area contributed by atoms with E-state index in [1.807, 2.05) is 6.92 Å². The van der Waals surface area contributed by atoms with Crippen LogP contribution in [0.5, 0.6) is 11.5 Å². The largest absolute Gasteiger partial charge is 0.490 e. The molecule has 0 amide bonds. The molecule has 118 valence electrons. The second-order valence-electron chi connectivity index (χ2n) is 4.90. The molecule has 6 nitrogen and oxygen atoms in total. The Morgan fingerprint density at radius 3 is 2.67 bits per heavy atom. The maximum absolute atomic E-state index is 12.4. The van der Waals surface area contributed by atoms with Crippen molar-refractivity contribution >= 4 is 10.0 Å². The predicted octanol–water partition coefficient (Wildman–Crippen LogP) is 1.29. The third-order valence-electron chi connectivity index (χ3n) is 3.32. The minimum atomic E-state index is -3.64. The van der Waals surface area contributed by atoms with Crippen LogP contribution in [0.1, 0.15) is 26.2 Å². The summed E-state index contributed by atoms with van der Waals surface area (Å²) in [4.78, 5) is 0.142. The van der Waals surface area contributed by atoms with E-state index in [1.165, 1.54) is 12.1 Å². The predicted molar refractivity (Wildman–Crippen MR) is 78.2 cm³/mol. The highest BCUT2D eigenvalue weighted by Crippen LogP contribution is 2.31. The zero-order valence-electron chi connectivity index (χ0n) is 12.0. The monoisotopic (exact) mass is 315 g/mol. The number of nitrogens with one attached hydrogen (secondary N) is 1. The van der Waals surface area contributed by atoms with Gasteiger partial charge in [0.05, 0.1) is 18.1 Å². The average Bonchev–Trinajstić information content (AvgIpc) is 2.71. The molecule has 1 atom stereocenters. The van der Waals surface area contributed by atoms with Crippen LogP contribution in [0.15, 0.2) is 23.1 Å². The normalized spacial score (nSPS) is 16.3. The number of aliphatic hydroxyl groups excluding tert-OH is 1. The fraction of sp³-hybridized carbons (Fsp3) is 0.571. The van der Waals surface area contributed by atoms with Crippen LogP contribution < -0.4 is 14.2 Å². The topological polar surface area (TPSA) is 84.9 Å². The van der Waals surface area contributed by atoms with E-state index in [9.17, 15) is 8.42 Å². The summed E-state index contributed by atoms with van der Waals surface area (Å²) < 4.78 is 38.3. The van der Waals surface area contributed by atoms with Crippen molar-refractivity contribution in [2.75, 3.05) is 19.8 Å². The van der Waals surface area contributed by atoms with Crippen molar-refractivity contribution in [1.29, 1.82) is 0 Å². The molecule has 1 heterocycles. The van der Waals surface area contributed by atoms with Gasteiger partial charge in [-0.05, 0) is 25.0 Å². The Morgan fingerprint density at radius 1 is 1.29 bits per heavy atom. The SMILES string of the molecule is CCC(CCO)NS(=O)(=O)c1ccc2c(c1)OCCCO2. The highest BCUT2D eigenvalue weighted by atomic mass is 32.2. The van der Waals surface area contributed by atoms with Gasteiger partial charge in [-0.25, -0.2) is 13.1 Å². The van der Waals surface area contributed by atoms with E-state index in [2.05, 4.69) is 4.72 Å². The molecule has 0 fully saturated rings. The van der Waals surface area contributed by atoms with Gasteiger partial charge in [-0.3, -0.25) is 0 Å². The zero-order valence-corrected chi connectivity index (χ0v) is 12.9. The number of aliphatic hydroxyl groups is 1. The molecule has 0 radical (unpaired) electrons. The van der Waals surface area contributed by atoms with Gasteiger partial charge in [-0.2, -0.15) is 0 Å². The van der Waals surface area contributed by atoms with Crippen LogP contribution >= 0.6 is 0 Å². The highest BCUT2D eigenvalue weighted by Gasteiger charge is 2.21. The Balaban J connectivity index is 2.22. The number of rotatable bonds is 6. The van der Waals surface area contributed by atoms with Crippen molar-refractivity contribution < 1.29 is 23.0 Å². The van der Waals surface area contributed by atoms with Gasteiger partial charge in [-0.15, -0.1) is 0 Å². The third-order valence-corrected chi connectivity index (χ3v) is 4.84. The van der Waals surface area contributed by atoms with Gasteiger partial charge in [0.25, 0.3) is 0 Å². The van der Waals surface area contributed by atoms with E-state index < -0.39 is 10.0 Å². The van der Waals surface area contributed by atoms with Gasteiger partial charge in [0.15, 0.2) is 11.5 Å². The fourth-order valence-electron chi connectivity index (χ4n) is 2.10. The number of fused-ring (bicyclic) bond motifs is 1. The lowest BCUT2D eigenvalue weighted by atomic mass is 10.2. The van der Waals surface area contributed by atoms with Crippen LogP contribution in [0.25, 0.3) is 0 Å². The van der Waals surface area contributed by atoms with E-state index in [4.69, 9.17) is 14.6 Å². The second-order valence-corrected chi connectivity index (χ2v) is 6.61. The van der Waals surface area contributed by atoms with E-state index in [-0.39, 0.29) is 17.5 Å². The molecular weight excluding hydrogens is 294 g/mol. The Bertz CT molecular complexity index is 573. The molecule has 2 rings (SSSR count). The summed E-state index contributed by atoms with van der Waals surface area (Å²) in [6, 6.07) is 4.31. The standard InChI is InChI=1S/C14H21NO5S/c1-2-11(6-7-16)15-21(17,18)12-4-5-13-14(10-12)20-9-3-8-19-13/h4-5,10-11,15-16H,2-3,6-9H2,1H3. The van der Waals surface area contributed by atoms with Crippen molar-refractivity contribution in [2.45, 2.75) is 37.1 Å². The summed E-state index contributed by atoms with van der Waals surface area (Å²) in [6.45, 7) is 2.89. The Kier molecular flexibility index (Phi) is 5.44. The van der Waals surface area contributed by atoms with E-state index in [0.717, 1.165) is 6.42 Å². The van der Waals surface area contributed by atoms with Crippen molar-refractivity contribution in [2.24, 2.45) is 0 Å². The van der Waals surface area contributed by atoms with Crippen molar-refractivity contribution in [3.8, 4) is 11.5 Å². The first kappa shape index (κ1) is 16.1. The molecule has 0 saturated carbocycles. The molecule has 1 aliphatic rings. The molecule has 7 heteroatoms. The van der Waals surface area contributed by atoms with E-state index in [0.29, 0.717) is 37.6 Å². The quantitative estimate of drug-likeness (QED) is 0.826. The number of hydrogen-bond donors (Lipinski definition) is 2. The summed E-state index contributed by atoms with van der Waals surface area (Å²) >= 11 is 0. The van der Waals surface area contributed by atoms with Gasteiger partial charge in [-0.1, -0.05) is 6.92 Å². The smallest absolute Gasteiger partial charge is 0.240 e. The third kappa shape index (κ3) is 4.09. The van der Waals surface area contributed by atoms with Gasteiger partial charge >= 0.3 is 0 Å². The number of sulfonamides is 1. The Labute approximate surface area is 125 Å². The molecule has 1 aliphatic heterocycles. The molecule has 21 heavy (non-hydrogen) atoms. The van der Waals surface area contributed by atoms with Gasteiger partial charge < -0.3 is 14.6 Å². The second kappa shape index (κ2) is 7.11. The molecular formula is C14H21NO5S. The summed E-state index contributed by atoms with van der Waals surface area (Å²) in [7, 11) is -3.64. The summed E-state index contributed by atoms with van der Waals surface area (Å²) in [6.07, 6.45) is 1.77. The van der Waals surface area contributed by atoms with Crippen LogP contribution in [-0.4, -0.2) is 39.4 Å². The molecule has 0 saturated heterocycles. The molecule has 0 aliphatic carbocycles. The summed E-state index contributed by atoms with van der Waals surface area (Å²) in [5.74, 6) is 1.01. The van der Waals surface area contributed by atoms with E-state index >= 15 is 0 Å². The lowest BCUT2D eigenvalue weighted by molar-refractivity contribution is 0.270. The highest BCUT2D eigenvalue weighted by molar-refractivity contribution is 7.89. The first-order chi connectivity index (χ1) is 10.1. The van der Waals surface area contributed by atoms with Crippen LogP contribution in [0.3, 0.4) is 0 Å². The summed E-state index contributed by atoms with van der Waals surface area (Å²) in [5.41, 5.74) is 0. The van der Waals surface area contributed by atoms with E-state index in [1.54, 1.807) is 6.07 Å². The lowest BCUT2D eigenvalue weighted by Crippen LogP contribution is -2.35. The molecule has 2 N–H and O–H groups in total. The molecule has 1 aromatic carbocycles. The summed E-state index contributed by atoms with van der Waals surface area (Å²) in [5, 5.41) is 8.95. The average molecular weight is 315 g/mol. The van der Waals surface area contributed by atoms with Crippen molar-refractivity contribution in [3.63, 3.8) is 0 Å². The Hall–Kier alpha value is -1.31. The molecule has 0 bridgehead atoms. The molecule has 0 spiro atoms. The van der Waals surface area contributed by atoms with Gasteiger partial charge in [0.2, 0.25) is 10.0 Å². The van der Waals surface area contributed by atoms with Crippen LogP contribution in [0.2, 0.25) is 0 Å².